The highest BCUT2D eigenvalue weighted by atomic mass is 19.1. The molecule has 0 spiro atoms. The molecular weight excluding hydrogens is 485 g/mol. The van der Waals surface area contributed by atoms with Gasteiger partial charge in [0.25, 0.3) is 11.6 Å². The van der Waals surface area contributed by atoms with E-state index in [1.165, 1.54) is 12.1 Å². The van der Waals surface area contributed by atoms with Crippen LogP contribution in [0.15, 0.2) is 81.9 Å². The van der Waals surface area contributed by atoms with Gasteiger partial charge in [-0.1, -0.05) is 12.1 Å². The Balaban J connectivity index is 1.56. The number of nitrogens with zero attached hydrogens (tertiary/aromatic N) is 4. The number of carbonyl (C=O) groups excluding carboxylic acids is 1. The van der Waals surface area contributed by atoms with Gasteiger partial charge in [-0.3, -0.25) is 4.79 Å². The van der Waals surface area contributed by atoms with E-state index in [2.05, 4.69) is 20.3 Å². The molecule has 0 saturated carbocycles. The number of carbonyl (C=O) groups is 1. The number of oxazole rings is 1. The number of fused-ring (bicyclic) bond motifs is 2. The molecule has 3 heterocycles. The fourth-order valence-electron chi connectivity index (χ4n) is 4.51. The molecule has 188 valence electrons. The largest absolute Gasteiger partial charge is 0.455 e. The molecule has 0 aliphatic heterocycles. The minimum atomic E-state index is -0.367. The smallest absolute Gasteiger partial charge is 0.266 e. The van der Waals surface area contributed by atoms with Gasteiger partial charge < -0.3 is 19.1 Å². The van der Waals surface area contributed by atoms with E-state index in [9.17, 15) is 9.18 Å². The predicted molar refractivity (Wildman–Crippen MR) is 143 cm³/mol. The molecule has 6 aromatic rings. The molecular formula is C29H22FN5O3. The molecule has 1 N–H and O–H groups in total. The molecule has 8 nitrogen and oxygen atoms in total. The minimum Gasteiger partial charge on any atom is -0.455 e. The number of halogens is 1. The first-order valence-corrected chi connectivity index (χ1v) is 11.9. The second-order valence-corrected chi connectivity index (χ2v) is 8.94. The van der Waals surface area contributed by atoms with Crippen molar-refractivity contribution in [2.45, 2.75) is 0 Å². The quantitative estimate of drug-likeness (QED) is 0.309. The highest BCUT2D eigenvalue weighted by Gasteiger charge is 2.24. The Morgan fingerprint density at radius 1 is 0.921 bits per heavy atom. The van der Waals surface area contributed by atoms with Gasteiger partial charge in [-0.2, -0.15) is 4.98 Å². The van der Waals surface area contributed by atoms with Crippen molar-refractivity contribution in [3.05, 3.63) is 84.4 Å². The SMILES string of the molecule is CNC(=O)c1c(-c2ccc(F)cc2)oc2cc(N(C)C)c(-c3cccc(-c4nc5nccnc5o4)c3)cc12. The fourth-order valence-corrected chi connectivity index (χ4v) is 4.51. The Bertz CT molecular complexity index is 1790. The Hall–Kier alpha value is -5.05. The van der Waals surface area contributed by atoms with Crippen molar-refractivity contribution in [3.63, 3.8) is 0 Å². The lowest BCUT2D eigenvalue weighted by atomic mass is 9.97. The van der Waals surface area contributed by atoms with E-state index >= 15 is 0 Å². The molecule has 1 amide bonds. The zero-order valence-corrected chi connectivity index (χ0v) is 20.8. The van der Waals surface area contributed by atoms with Crippen LogP contribution >= 0.6 is 0 Å². The lowest BCUT2D eigenvalue weighted by Gasteiger charge is -2.18. The number of hydrogen-bond acceptors (Lipinski definition) is 7. The van der Waals surface area contributed by atoms with Crippen molar-refractivity contribution < 1.29 is 18.0 Å². The number of benzene rings is 3. The molecule has 3 aromatic heterocycles. The van der Waals surface area contributed by atoms with Crippen LogP contribution in [0.4, 0.5) is 10.1 Å². The van der Waals surface area contributed by atoms with Gasteiger partial charge in [-0.25, -0.2) is 14.4 Å². The molecule has 0 atom stereocenters. The summed E-state index contributed by atoms with van der Waals surface area (Å²) >= 11 is 0. The summed E-state index contributed by atoms with van der Waals surface area (Å²) < 4.78 is 25.6. The maximum absolute atomic E-state index is 13.6. The van der Waals surface area contributed by atoms with Crippen LogP contribution in [0, 0.1) is 5.82 Å². The lowest BCUT2D eigenvalue weighted by Crippen LogP contribution is -2.18. The maximum atomic E-state index is 13.6. The summed E-state index contributed by atoms with van der Waals surface area (Å²) in [4.78, 5) is 27.9. The average molecular weight is 508 g/mol. The highest BCUT2D eigenvalue weighted by molar-refractivity contribution is 6.12. The van der Waals surface area contributed by atoms with Gasteiger partial charge in [0.05, 0.1) is 5.56 Å². The molecule has 0 saturated heterocycles. The van der Waals surface area contributed by atoms with Crippen LogP contribution in [0.2, 0.25) is 0 Å². The number of anilines is 1. The van der Waals surface area contributed by atoms with Crippen LogP contribution in [0.1, 0.15) is 10.4 Å². The molecule has 9 heteroatoms. The lowest BCUT2D eigenvalue weighted by molar-refractivity contribution is 0.0964. The Morgan fingerprint density at radius 3 is 2.42 bits per heavy atom. The summed E-state index contributed by atoms with van der Waals surface area (Å²) in [7, 11) is 5.45. The summed E-state index contributed by atoms with van der Waals surface area (Å²) in [6.07, 6.45) is 3.13. The Kier molecular flexibility index (Phi) is 5.60. The van der Waals surface area contributed by atoms with E-state index in [-0.39, 0.29) is 11.7 Å². The predicted octanol–water partition coefficient (Wildman–Crippen LogP) is 5.93. The van der Waals surface area contributed by atoms with Gasteiger partial charge in [0.15, 0.2) is 0 Å². The maximum Gasteiger partial charge on any atom is 0.266 e. The number of nitrogens with one attached hydrogen (secondary N) is 1. The third kappa shape index (κ3) is 3.94. The summed E-state index contributed by atoms with van der Waals surface area (Å²) in [5, 5.41) is 3.35. The molecule has 0 fully saturated rings. The first-order valence-electron chi connectivity index (χ1n) is 11.9. The molecule has 0 bridgehead atoms. The first-order chi connectivity index (χ1) is 18.4. The fraction of sp³-hybridized carbons (Fsp3) is 0.103. The third-order valence-corrected chi connectivity index (χ3v) is 6.32. The molecule has 0 radical (unpaired) electrons. The summed E-state index contributed by atoms with van der Waals surface area (Å²) in [6, 6.07) is 17.5. The topological polar surface area (TPSA) is 97.3 Å². The Morgan fingerprint density at radius 2 is 1.68 bits per heavy atom. The molecule has 0 aliphatic carbocycles. The zero-order valence-electron chi connectivity index (χ0n) is 20.8. The number of amides is 1. The van der Waals surface area contributed by atoms with Gasteiger partial charge in [0.2, 0.25) is 11.5 Å². The van der Waals surface area contributed by atoms with Crippen LogP contribution in [0.5, 0.6) is 0 Å². The van der Waals surface area contributed by atoms with Gasteiger partial charge >= 0.3 is 0 Å². The minimum absolute atomic E-state index is 0.299. The standard InChI is InChI=1S/C29H22FN5O3/c1-31-27(36)24-21-14-20(17-5-4-6-18(13-17)28-34-26-29(38-28)33-12-11-32-26)22(35(2)3)15-23(21)37-25(24)16-7-9-19(30)10-8-16/h4-15H,1-3H3,(H,31,36). The van der Waals surface area contributed by atoms with Crippen LogP contribution in [0.25, 0.3) is 56.2 Å². The van der Waals surface area contributed by atoms with Gasteiger partial charge in [0, 0.05) is 67.4 Å². The highest BCUT2D eigenvalue weighted by Crippen LogP contribution is 2.41. The van der Waals surface area contributed by atoms with Gasteiger partial charge in [-0.05, 0) is 48.0 Å². The van der Waals surface area contributed by atoms with E-state index < -0.39 is 0 Å². The summed E-state index contributed by atoms with van der Waals surface area (Å²) in [5.41, 5.74) is 5.76. The van der Waals surface area contributed by atoms with Gasteiger partial charge in [0.1, 0.15) is 17.2 Å². The summed E-state index contributed by atoms with van der Waals surface area (Å²) in [5.74, 6) is 0.121. The second-order valence-electron chi connectivity index (χ2n) is 8.94. The zero-order chi connectivity index (χ0) is 26.4. The van der Waals surface area contributed by atoms with E-state index in [1.807, 2.05) is 55.4 Å². The molecule has 6 rings (SSSR count). The molecule has 3 aromatic carbocycles. The van der Waals surface area contributed by atoms with Crippen molar-refractivity contribution in [1.29, 1.82) is 0 Å². The third-order valence-electron chi connectivity index (χ3n) is 6.32. The van der Waals surface area contributed by atoms with Crippen molar-refractivity contribution in [2.24, 2.45) is 0 Å². The molecule has 0 unspecified atom stereocenters. The number of furan rings is 1. The van der Waals surface area contributed by atoms with Crippen molar-refractivity contribution in [3.8, 4) is 33.9 Å². The van der Waals surface area contributed by atoms with Crippen LogP contribution < -0.4 is 10.2 Å². The number of hydrogen-bond donors (Lipinski definition) is 1. The van der Waals surface area contributed by atoms with Crippen LogP contribution in [0.3, 0.4) is 0 Å². The normalized spacial score (nSPS) is 11.3. The van der Waals surface area contributed by atoms with Crippen LogP contribution in [-0.2, 0) is 0 Å². The van der Waals surface area contributed by atoms with Crippen molar-refractivity contribution in [2.75, 3.05) is 26.0 Å². The Labute approximate surface area is 216 Å². The van der Waals surface area contributed by atoms with Gasteiger partial charge in [-0.15, -0.1) is 0 Å². The van der Waals surface area contributed by atoms with Crippen molar-refractivity contribution in [1.82, 2.24) is 20.3 Å². The summed E-state index contributed by atoms with van der Waals surface area (Å²) in [6.45, 7) is 0. The average Bonchev–Trinajstić information content (AvgIpc) is 3.54. The number of aromatic nitrogens is 3. The van der Waals surface area contributed by atoms with Crippen molar-refractivity contribution >= 4 is 33.9 Å². The first kappa shape index (κ1) is 23.4. The van der Waals surface area contributed by atoms with Crippen LogP contribution in [-0.4, -0.2) is 42.0 Å². The molecule has 0 aliphatic rings. The monoisotopic (exact) mass is 507 g/mol. The molecule has 38 heavy (non-hydrogen) atoms. The van der Waals surface area contributed by atoms with E-state index in [1.54, 1.807) is 31.6 Å². The number of rotatable bonds is 5. The second kappa shape index (κ2) is 9.11. The van der Waals surface area contributed by atoms with E-state index in [4.69, 9.17) is 8.83 Å². The van der Waals surface area contributed by atoms with E-state index in [0.717, 1.165) is 22.4 Å². The van der Waals surface area contributed by atoms with E-state index in [0.29, 0.717) is 45.1 Å².